The van der Waals surface area contributed by atoms with Crippen molar-refractivity contribution >= 4 is 5.69 Å². The van der Waals surface area contributed by atoms with E-state index in [-0.39, 0.29) is 12.6 Å². The van der Waals surface area contributed by atoms with Gasteiger partial charge < -0.3 is 25.2 Å². The summed E-state index contributed by atoms with van der Waals surface area (Å²) < 4.78 is 10.9. The van der Waals surface area contributed by atoms with Crippen molar-refractivity contribution in [2.45, 2.75) is 19.9 Å². The SMILES string of the molecule is COc1cc(N(C)CC(N)CO)c(OC)c(C)c1C. The van der Waals surface area contributed by atoms with E-state index in [4.69, 9.17) is 20.3 Å². The van der Waals surface area contributed by atoms with Crippen molar-refractivity contribution in [2.24, 2.45) is 5.73 Å². The number of methoxy groups -OCH3 is 2. The maximum Gasteiger partial charge on any atom is 0.145 e. The summed E-state index contributed by atoms with van der Waals surface area (Å²) in [6.07, 6.45) is 0. The summed E-state index contributed by atoms with van der Waals surface area (Å²) >= 11 is 0. The molecule has 19 heavy (non-hydrogen) atoms. The second kappa shape index (κ2) is 6.63. The smallest absolute Gasteiger partial charge is 0.145 e. The monoisotopic (exact) mass is 268 g/mol. The van der Waals surface area contributed by atoms with E-state index in [1.807, 2.05) is 31.9 Å². The molecule has 5 heteroatoms. The third-order valence-electron chi connectivity index (χ3n) is 3.35. The van der Waals surface area contributed by atoms with E-state index < -0.39 is 0 Å². The maximum atomic E-state index is 9.05. The fourth-order valence-electron chi connectivity index (χ4n) is 2.11. The first-order valence-electron chi connectivity index (χ1n) is 6.26. The summed E-state index contributed by atoms with van der Waals surface area (Å²) in [5.41, 5.74) is 8.79. The molecule has 0 saturated carbocycles. The highest BCUT2D eigenvalue weighted by Crippen LogP contribution is 2.38. The predicted molar refractivity (Wildman–Crippen MR) is 77.4 cm³/mol. The zero-order valence-corrected chi connectivity index (χ0v) is 12.4. The van der Waals surface area contributed by atoms with E-state index in [1.165, 1.54) is 0 Å². The molecule has 0 amide bonds. The third kappa shape index (κ3) is 3.30. The number of rotatable bonds is 6. The number of benzene rings is 1. The van der Waals surface area contributed by atoms with Crippen LogP contribution in [-0.2, 0) is 0 Å². The lowest BCUT2D eigenvalue weighted by Crippen LogP contribution is -2.38. The van der Waals surface area contributed by atoms with Gasteiger partial charge in [0.15, 0.2) is 0 Å². The van der Waals surface area contributed by atoms with Crippen molar-refractivity contribution < 1.29 is 14.6 Å². The number of hydrogen-bond acceptors (Lipinski definition) is 5. The van der Waals surface area contributed by atoms with E-state index in [0.717, 1.165) is 28.3 Å². The van der Waals surface area contributed by atoms with Gasteiger partial charge in [-0.3, -0.25) is 0 Å². The van der Waals surface area contributed by atoms with Gasteiger partial charge in [-0.15, -0.1) is 0 Å². The summed E-state index contributed by atoms with van der Waals surface area (Å²) in [7, 11) is 5.22. The second-order valence-corrected chi connectivity index (χ2v) is 4.70. The lowest BCUT2D eigenvalue weighted by atomic mass is 10.1. The van der Waals surface area contributed by atoms with E-state index in [1.54, 1.807) is 14.2 Å². The van der Waals surface area contributed by atoms with Gasteiger partial charge in [0, 0.05) is 25.7 Å². The third-order valence-corrected chi connectivity index (χ3v) is 3.35. The topological polar surface area (TPSA) is 68.0 Å². The molecule has 1 aromatic carbocycles. The van der Waals surface area contributed by atoms with Crippen LogP contribution in [0.5, 0.6) is 11.5 Å². The van der Waals surface area contributed by atoms with E-state index in [9.17, 15) is 0 Å². The number of aliphatic hydroxyl groups is 1. The number of nitrogens with two attached hydrogens (primary N) is 1. The molecular formula is C14H24N2O3. The first kappa shape index (κ1) is 15.6. The van der Waals surface area contributed by atoms with Gasteiger partial charge in [0.1, 0.15) is 11.5 Å². The van der Waals surface area contributed by atoms with Crippen molar-refractivity contribution in [3.63, 3.8) is 0 Å². The van der Waals surface area contributed by atoms with Crippen LogP contribution in [0.4, 0.5) is 5.69 Å². The van der Waals surface area contributed by atoms with E-state index in [0.29, 0.717) is 6.54 Å². The largest absolute Gasteiger partial charge is 0.496 e. The first-order chi connectivity index (χ1) is 8.96. The van der Waals surface area contributed by atoms with Crippen molar-refractivity contribution in [3.8, 4) is 11.5 Å². The number of nitrogens with zero attached hydrogens (tertiary/aromatic N) is 1. The molecule has 0 fully saturated rings. The molecule has 1 atom stereocenters. The Kier molecular flexibility index (Phi) is 5.44. The van der Waals surface area contributed by atoms with Crippen LogP contribution >= 0.6 is 0 Å². The molecule has 1 rings (SSSR count). The summed E-state index contributed by atoms with van der Waals surface area (Å²) in [4.78, 5) is 1.97. The van der Waals surface area contributed by atoms with Crippen LogP contribution < -0.4 is 20.1 Å². The van der Waals surface area contributed by atoms with Crippen LogP contribution in [0.2, 0.25) is 0 Å². The molecule has 0 bridgehead atoms. The van der Waals surface area contributed by atoms with Crippen LogP contribution in [-0.4, -0.2) is 45.6 Å². The molecule has 0 aliphatic carbocycles. The van der Waals surface area contributed by atoms with Crippen LogP contribution in [0, 0.1) is 13.8 Å². The molecule has 0 aliphatic heterocycles. The fourth-order valence-corrected chi connectivity index (χ4v) is 2.11. The van der Waals surface area contributed by atoms with Crippen LogP contribution in [0.15, 0.2) is 6.07 Å². The molecule has 0 radical (unpaired) electrons. The Labute approximate surface area is 114 Å². The lowest BCUT2D eigenvalue weighted by Gasteiger charge is -2.26. The molecule has 5 nitrogen and oxygen atoms in total. The van der Waals surface area contributed by atoms with Crippen LogP contribution in [0.25, 0.3) is 0 Å². The zero-order valence-electron chi connectivity index (χ0n) is 12.4. The highest BCUT2D eigenvalue weighted by Gasteiger charge is 2.17. The zero-order chi connectivity index (χ0) is 14.6. The van der Waals surface area contributed by atoms with Crippen molar-refractivity contribution in [3.05, 3.63) is 17.2 Å². The highest BCUT2D eigenvalue weighted by atomic mass is 16.5. The van der Waals surface area contributed by atoms with Gasteiger partial charge in [-0.2, -0.15) is 0 Å². The minimum Gasteiger partial charge on any atom is -0.496 e. The molecule has 1 unspecified atom stereocenters. The maximum absolute atomic E-state index is 9.05. The summed E-state index contributed by atoms with van der Waals surface area (Å²) in [5.74, 6) is 1.63. The van der Waals surface area contributed by atoms with E-state index >= 15 is 0 Å². The minimum atomic E-state index is -0.290. The minimum absolute atomic E-state index is 0.0470. The van der Waals surface area contributed by atoms with Gasteiger partial charge in [-0.1, -0.05) is 0 Å². The van der Waals surface area contributed by atoms with Gasteiger partial charge >= 0.3 is 0 Å². The van der Waals surface area contributed by atoms with Crippen molar-refractivity contribution in [2.75, 3.05) is 39.3 Å². The van der Waals surface area contributed by atoms with Gasteiger partial charge in [0.2, 0.25) is 0 Å². The van der Waals surface area contributed by atoms with Gasteiger partial charge in [-0.05, 0) is 25.0 Å². The average Bonchev–Trinajstić information content (AvgIpc) is 2.41. The summed E-state index contributed by atoms with van der Waals surface area (Å²) in [6.45, 7) is 4.49. The molecule has 1 aromatic rings. The summed E-state index contributed by atoms with van der Waals surface area (Å²) in [5, 5.41) is 9.05. The number of hydrogen-bond donors (Lipinski definition) is 2. The quantitative estimate of drug-likeness (QED) is 0.808. The number of anilines is 1. The molecule has 0 spiro atoms. The van der Waals surface area contributed by atoms with Gasteiger partial charge in [-0.25, -0.2) is 0 Å². The standard InChI is InChI=1S/C14H24N2O3/c1-9-10(2)14(19-5)12(6-13(9)18-4)16(3)7-11(15)8-17/h6,11,17H,7-8,15H2,1-5H3. The lowest BCUT2D eigenvalue weighted by molar-refractivity contribution is 0.267. The molecular weight excluding hydrogens is 244 g/mol. The molecule has 3 N–H and O–H groups in total. The Balaban J connectivity index is 3.21. The highest BCUT2D eigenvalue weighted by molar-refractivity contribution is 5.67. The molecule has 0 aliphatic rings. The van der Waals surface area contributed by atoms with E-state index in [2.05, 4.69) is 0 Å². The fraction of sp³-hybridized carbons (Fsp3) is 0.571. The molecule has 0 heterocycles. The number of likely N-dealkylation sites (N-methyl/N-ethyl adjacent to an activating group) is 1. The molecule has 108 valence electrons. The Bertz CT molecular complexity index is 435. The van der Waals surface area contributed by atoms with Crippen LogP contribution in [0.3, 0.4) is 0 Å². The first-order valence-corrected chi connectivity index (χ1v) is 6.26. The van der Waals surface area contributed by atoms with Crippen LogP contribution in [0.1, 0.15) is 11.1 Å². The normalized spacial score (nSPS) is 12.2. The second-order valence-electron chi connectivity index (χ2n) is 4.70. The predicted octanol–water partition coefficient (Wildman–Crippen LogP) is 1.08. The number of aliphatic hydroxyl groups excluding tert-OH is 1. The number of ether oxygens (including phenoxy) is 2. The van der Waals surface area contributed by atoms with Gasteiger partial charge in [0.25, 0.3) is 0 Å². The van der Waals surface area contributed by atoms with Gasteiger partial charge in [0.05, 0.1) is 26.5 Å². The average molecular weight is 268 g/mol. The van der Waals surface area contributed by atoms with Crippen molar-refractivity contribution in [1.29, 1.82) is 0 Å². The Morgan fingerprint density at radius 2 is 1.89 bits per heavy atom. The van der Waals surface area contributed by atoms with Crippen molar-refractivity contribution in [1.82, 2.24) is 0 Å². The summed E-state index contributed by atoms with van der Waals surface area (Å²) in [6, 6.07) is 1.65. The molecule has 0 aromatic heterocycles. The Morgan fingerprint density at radius 3 is 2.37 bits per heavy atom. The Hall–Kier alpha value is -1.46. The molecule has 0 saturated heterocycles. The Morgan fingerprint density at radius 1 is 1.26 bits per heavy atom.